The second-order valence-corrected chi connectivity index (χ2v) is 4.49. The number of methoxy groups -OCH3 is 2. The zero-order valence-electron chi connectivity index (χ0n) is 11.8. The maximum atomic E-state index is 5.74. The molecular weight excluding hydrogens is 252 g/mol. The molecule has 0 aliphatic carbocycles. The summed E-state index contributed by atoms with van der Waals surface area (Å²) in [5, 5.41) is 3.35. The van der Waals surface area contributed by atoms with Crippen molar-refractivity contribution in [3.8, 4) is 11.5 Å². The molecule has 0 saturated heterocycles. The maximum absolute atomic E-state index is 5.74. The lowest BCUT2D eigenvalue weighted by atomic mass is 10.1. The van der Waals surface area contributed by atoms with Gasteiger partial charge in [-0.2, -0.15) is 0 Å². The molecule has 0 spiro atoms. The summed E-state index contributed by atoms with van der Waals surface area (Å²) in [6.07, 6.45) is 0.898. The molecule has 0 aromatic heterocycles. The maximum Gasteiger partial charge on any atom is 0.160 e. The van der Waals surface area contributed by atoms with Crippen molar-refractivity contribution in [1.82, 2.24) is 0 Å². The molecule has 3 N–H and O–H groups in total. The van der Waals surface area contributed by atoms with Crippen LogP contribution in [0.2, 0.25) is 0 Å². The number of hydrogen-bond donors (Lipinski definition) is 2. The molecule has 0 heterocycles. The van der Waals surface area contributed by atoms with Gasteiger partial charge in [0.05, 0.1) is 14.2 Å². The molecule has 20 heavy (non-hydrogen) atoms. The lowest BCUT2D eigenvalue weighted by Crippen LogP contribution is -2.05. The molecule has 4 nitrogen and oxygen atoms in total. The lowest BCUT2D eigenvalue weighted by molar-refractivity contribution is 0.354. The van der Waals surface area contributed by atoms with Crippen LogP contribution in [0.1, 0.15) is 5.56 Å². The summed E-state index contributed by atoms with van der Waals surface area (Å²) < 4.78 is 10.5. The van der Waals surface area contributed by atoms with Crippen LogP contribution in [0, 0.1) is 0 Å². The highest BCUT2D eigenvalue weighted by Crippen LogP contribution is 2.27. The summed E-state index contributed by atoms with van der Waals surface area (Å²) in [5.41, 5.74) is 8.73. The number of anilines is 2. The summed E-state index contributed by atoms with van der Waals surface area (Å²) in [5.74, 6) is 1.51. The zero-order valence-corrected chi connectivity index (χ0v) is 11.8. The van der Waals surface area contributed by atoms with Crippen LogP contribution in [0.15, 0.2) is 42.5 Å². The largest absolute Gasteiger partial charge is 0.493 e. The van der Waals surface area contributed by atoms with Crippen LogP contribution in [0.25, 0.3) is 0 Å². The van der Waals surface area contributed by atoms with Crippen molar-refractivity contribution >= 4 is 11.4 Å². The first-order chi connectivity index (χ1) is 9.72. The molecule has 0 atom stereocenters. The predicted molar refractivity (Wildman–Crippen MR) is 82.6 cm³/mol. The molecule has 106 valence electrons. The second kappa shape index (κ2) is 6.70. The predicted octanol–water partition coefficient (Wildman–Crippen LogP) is 2.94. The Bertz CT molecular complexity index is 570. The molecule has 2 rings (SSSR count). The highest BCUT2D eigenvalue weighted by atomic mass is 16.5. The Hall–Kier alpha value is -2.36. The molecule has 0 radical (unpaired) electrons. The third-order valence-corrected chi connectivity index (χ3v) is 3.08. The molecule has 0 bridgehead atoms. The van der Waals surface area contributed by atoms with Gasteiger partial charge in [0.2, 0.25) is 0 Å². The Kier molecular flexibility index (Phi) is 4.71. The molecule has 0 aliphatic rings. The van der Waals surface area contributed by atoms with Crippen molar-refractivity contribution in [2.24, 2.45) is 0 Å². The molecule has 0 saturated carbocycles. The first-order valence-electron chi connectivity index (χ1n) is 6.53. The fraction of sp³-hybridized carbons (Fsp3) is 0.250. The smallest absolute Gasteiger partial charge is 0.160 e. The van der Waals surface area contributed by atoms with Crippen LogP contribution in [-0.2, 0) is 6.42 Å². The molecule has 0 aliphatic heterocycles. The number of ether oxygens (including phenoxy) is 2. The van der Waals surface area contributed by atoms with Gasteiger partial charge in [0.1, 0.15) is 0 Å². The number of nitrogens with two attached hydrogens (primary N) is 1. The molecule has 2 aromatic carbocycles. The van der Waals surface area contributed by atoms with Gasteiger partial charge in [-0.3, -0.25) is 0 Å². The minimum absolute atomic E-state index is 0.750. The van der Waals surface area contributed by atoms with Gasteiger partial charge in [0.25, 0.3) is 0 Å². The monoisotopic (exact) mass is 272 g/mol. The van der Waals surface area contributed by atoms with E-state index in [2.05, 4.69) is 5.32 Å². The second-order valence-electron chi connectivity index (χ2n) is 4.49. The third-order valence-electron chi connectivity index (χ3n) is 3.08. The average molecular weight is 272 g/mol. The van der Waals surface area contributed by atoms with Crippen molar-refractivity contribution in [3.63, 3.8) is 0 Å². The van der Waals surface area contributed by atoms with E-state index in [1.165, 1.54) is 5.56 Å². The van der Waals surface area contributed by atoms with E-state index in [1.807, 2.05) is 42.5 Å². The van der Waals surface area contributed by atoms with Crippen molar-refractivity contribution in [3.05, 3.63) is 48.0 Å². The fourth-order valence-electron chi connectivity index (χ4n) is 2.04. The van der Waals surface area contributed by atoms with E-state index in [4.69, 9.17) is 15.2 Å². The Balaban J connectivity index is 1.94. The van der Waals surface area contributed by atoms with Gasteiger partial charge in [-0.1, -0.05) is 12.1 Å². The topological polar surface area (TPSA) is 56.5 Å². The summed E-state index contributed by atoms with van der Waals surface area (Å²) in [4.78, 5) is 0. The summed E-state index contributed by atoms with van der Waals surface area (Å²) in [6, 6.07) is 13.7. The van der Waals surface area contributed by atoms with Gasteiger partial charge in [0, 0.05) is 17.9 Å². The van der Waals surface area contributed by atoms with Crippen LogP contribution in [0.5, 0.6) is 11.5 Å². The van der Waals surface area contributed by atoms with E-state index >= 15 is 0 Å². The van der Waals surface area contributed by atoms with Gasteiger partial charge >= 0.3 is 0 Å². The zero-order chi connectivity index (χ0) is 14.4. The third kappa shape index (κ3) is 3.57. The van der Waals surface area contributed by atoms with Crippen LogP contribution in [0.3, 0.4) is 0 Å². The van der Waals surface area contributed by atoms with E-state index in [0.29, 0.717) is 0 Å². The average Bonchev–Trinajstić information content (AvgIpc) is 2.47. The number of benzene rings is 2. The Morgan fingerprint density at radius 3 is 2.50 bits per heavy atom. The van der Waals surface area contributed by atoms with Gasteiger partial charge < -0.3 is 20.5 Å². The van der Waals surface area contributed by atoms with Gasteiger partial charge in [-0.25, -0.2) is 0 Å². The fourth-order valence-corrected chi connectivity index (χ4v) is 2.04. The molecule has 2 aromatic rings. The standard InChI is InChI=1S/C16H20N2O2/c1-19-15-7-6-12(10-16(15)20-2)8-9-18-14-5-3-4-13(17)11-14/h3-7,10-11,18H,8-9,17H2,1-2H3. The van der Waals surface area contributed by atoms with Crippen molar-refractivity contribution in [2.75, 3.05) is 31.8 Å². The van der Waals surface area contributed by atoms with E-state index in [9.17, 15) is 0 Å². The van der Waals surface area contributed by atoms with E-state index < -0.39 is 0 Å². The SMILES string of the molecule is COc1ccc(CCNc2cccc(N)c2)cc1OC. The van der Waals surface area contributed by atoms with Crippen molar-refractivity contribution in [1.29, 1.82) is 0 Å². The number of nitrogen functional groups attached to an aromatic ring is 1. The summed E-state index contributed by atoms with van der Waals surface area (Å²) in [6.45, 7) is 0.832. The Labute approximate surface area is 119 Å². The number of nitrogens with one attached hydrogen (secondary N) is 1. The van der Waals surface area contributed by atoms with Gasteiger partial charge in [-0.05, 0) is 42.3 Å². The van der Waals surface area contributed by atoms with Crippen LogP contribution < -0.4 is 20.5 Å². The molecular formula is C16H20N2O2. The van der Waals surface area contributed by atoms with Gasteiger partial charge in [-0.15, -0.1) is 0 Å². The van der Waals surface area contributed by atoms with Crippen LogP contribution >= 0.6 is 0 Å². The van der Waals surface area contributed by atoms with E-state index in [0.717, 1.165) is 35.8 Å². The van der Waals surface area contributed by atoms with Crippen molar-refractivity contribution < 1.29 is 9.47 Å². The summed E-state index contributed by atoms with van der Waals surface area (Å²) >= 11 is 0. The van der Waals surface area contributed by atoms with E-state index in [-0.39, 0.29) is 0 Å². The van der Waals surface area contributed by atoms with E-state index in [1.54, 1.807) is 14.2 Å². The Morgan fingerprint density at radius 1 is 1.00 bits per heavy atom. The Morgan fingerprint density at radius 2 is 1.80 bits per heavy atom. The normalized spacial score (nSPS) is 10.1. The molecule has 0 amide bonds. The molecule has 0 unspecified atom stereocenters. The lowest BCUT2D eigenvalue weighted by Gasteiger charge is -2.10. The van der Waals surface area contributed by atoms with Crippen LogP contribution in [-0.4, -0.2) is 20.8 Å². The minimum atomic E-state index is 0.750. The van der Waals surface area contributed by atoms with Crippen molar-refractivity contribution in [2.45, 2.75) is 6.42 Å². The number of hydrogen-bond acceptors (Lipinski definition) is 4. The molecule has 0 fully saturated rings. The highest BCUT2D eigenvalue weighted by molar-refractivity contribution is 5.54. The highest BCUT2D eigenvalue weighted by Gasteiger charge is 2.04. The van der Waals surface area contributed by atoms with Gasteiger partial charge in [0.15, 0.2) is 11.5 Å². The molecule has 4 heteroatoms. The first kappa shape index (κ1) is 14.1. The minimum Gasteiger partial charge on any atom is -0.493 e. The summed E-state index contributed by atoms with van der Waals surface area (Å²) in [7, 11) is 3.28. The van der Waals surface area contributed by atoms with Crippen LogP contribution in [0.4, 0.5) is 11.4 Å². The first-order valence-corrected chi connectivity index (χ1v) is 6.53. The number of rotatable bonds is 6. The quantitative estimate of drug-likeness (QED) is 0.794.